The van der Waals surface area contributed by atoms with Crippen LogP contribution in [0.25, 0.3) is 0 Å². The molecule has 0 fully saturated rings. The molecule has 0 aliphatic carbocycles. The van der Waals surface area contributed by atoms with Crippen molar-refractivity contribution >= 4 is 10.0 Å². The monoisotopic (exact) mass is 293 g/mol. The van der Waals surface area contributed by atoms with E-state index in [9.17, 15) is 8.42 Å². The Hall–Kier alpha value is -1.90. The van der Waals surface area contributed by atoms with Crippen molar-refractivity contribution < 1.29 is 8.42 Å². The lowest BCUT2D eigenvalue weighted by Crippen LogP contribution is -2.24. The van der Waals surface area contributed by atoms with Crippen LogP contribution in [0.15, 0.2) is 35.6 Å². The summed E-state index contributed by atoms with van der Waals surface area (Å²) in [5, 5.41) is -0.0412. The van der Waals surface area contributed by atoms with Crippen LogP contribution in [0.2, 0.25) is 0 Å². The molecule has 8 heteroatoms. The van der Waals surface area contributed by atoms with Gasteiger partial charge in [-0.25, -0.2) is 28.1 Å². The normalized spacial score (nSPS) is 11.5. The number of nitrogens with zero attached hydrogens (tertiary/aromatic N) is 3. The molecule has 0 aliphatic heterocycles. The van der Waals surface area contributed by atoms with Crippen molar-refractivity contribution in [1.82, 2.24) is 19.7 Å². The number of aromatic nitrogens is 3. The van der Waals surface area contributed by atoms with Gasteiger partial charge in [0.15, 0.2) is 5.03 Å². The summed E-state index contributed by atoms with van der Waals surface area (Å²) >= 11 is 0. The standard InChI is InChI=1S/C12H15N5O2S/c1-9-14-5-4-11(17-9)8-16-20(18,19)12-3-2-10(6-13)7-15-12/h2-5,7,16H,6,8,13H2,1H3. The summed E-state index contributed by atoms with van der Waals surface area (Å²) in [6.07, 6.45) is 3.03. The maximum Gasteiger partial charge on any atom is 0.258 e. The fourth-order valence-corrected chi connectivity index (χ4v) is 2.46. The molecular weight excluding hydrogens is 278 g/mol. The van der Waals surface area contributed by atoms with Gasteiger partial charge < -0.3 is 5.73 Å². The molecule has 2 aromatic heterocycles. The third-order valence-electron chi connectivity index (χ3n) is 2.59. The van der Waals surface area contributed by atoms with Crippen LogP contribution < -0.4 is 10.5 Å². The van der Waals surface area contributed by atoms with Gasteiger partial charge in [-0.05, 0) is 24.6 Å². The second kappa shape index (κ2) is 6.04. The molecule has 0 spiro atoms. The summed E-state index contributed by atoms with van der Waals surface area (Å²) in [6, 6.07) is 4.71. The highest BCUT2D eigenvalue weighted by atomic mass is 32.2. The largest absolute Gasteiger partial charge is 0.326 e. The van der Waals surface area contributed by atoms with Crippen LogP contribution in [0.1, 0.15) is 17.1 Å². The van der Waals surface area contributed by atoms with Gasteiger partial charge in [-0.15, -0.1) is 0 Å². The summed E-state index contributed by atoms with van der Waals surface area (Å²) in [5.74, 6) is 0.590. The zero-order valence-corrected chi connectivity index (χ0v) is 11.8. The van der Waals surface area contributed by atoms with Crippen molar-refractivity contribution in [2.24, 2.45) is 5.73 Å². The highest BCUT2D eigenvalue weighted by Crippen LogP contribution is 2.07. The first kappa shape index (κ1) is 14.5. The Labute approximate surface area is 117 Å². The van der Waals surface area contributed by atoms with E-state index in [1.54, 1.807) is 25.3 Å². The van der Waals surface area contributed by atoms with Gasteiger partial charge in [-0.1, -0.05) is 6.07 Å². The van der Waals surface area contributed by atoms with E-state index >= 15 is 0 Å². The summed E-state index contributed by atoms with van der Waals surface area (Å²) in [5.41, 5.74) is 6.81. The van der Waals surface area contributed by atoms with Crippen LogP contribution >= 0.6 is 0 Å². The molecule has 0 atom stereocenters. The number of nitrogens with two attached hydrogens (primary N) is 1. The Morgan fingerprint density at radius 1 is 1.25 bits per heavy atom. The molecule has 3 N–H and O–H groups in total. The second-order valence-electron chi connectivity index (χ2n) is 4.13. The number of aryl methyl sites for hydroxylation is 1. The van der Waals surface area contributed by atoms with Crippen molar-refractivity contribution in [3.05, 3.63) is 47.7 Å². The van der Waals surface area contributed by atoms with Gasteiger partial charge in [0, 0.05) is 18.9 Å². The van der Waals surface area contributed by atoms with E-state index in [2.05, 4.69) is 19.7 Å². The molecule has 2 aromatic rings. The summed E-state index contributed by atoms with van der Waals surface area (Å²) < 4.78 is 26.5. The molecule has 0 radical (unpaired) electrons. The van der Waals surface area contributed by atoms with Crippen LogP contribution in [0.3, 0.4) is 0 Å². The number of pyridine rings is 1. The fraction of sp³-hybridized carbons (Fsp3) is 0.250. The highest BCUT2D eigenvalue weighted by molar-refractivity contribution is 7.89. The Bertz CT molecular complexity index is 685. The van der Waals surface area contributed by atoms with Crippen molar-refractivity contribution in [1.29, 1.82) is 0 Å². The van der Waals surface area contributed by atoms with E-state index < -0.39 is 10.0 Å². The molecule has 106 valence electrons. The van der Waals surface area contributed by atoms with E-state index in [-0.39, 0.29) is 11.6 Å². The van der Waals surface area contributed by atoms with Crippen LogP contribution in [-0.4, -0.2) is 23.4 Å². The minimum Gasteiger partial charge on any atom is -0.326 e. The van der Waals surface area contributed by atoms with Crippen molar-refractivity contribution in [3.63, 3.8) is 0 Å². The quantitative estimate of drug-likeness (QED) is 0.810. The Morgan fingerprint density at radius 3 is 2.65 bits per heavy atom. The molecule has 0 saturated carbocycles. The lowest BCUT2D eigenvalue weighted by molar-refractivity contribution is 0.576. The first-order chi connectivity index (χ1) is 9.51. The number of sulfonamides is 1. The Morgan fingerprint density at radius 2 is 2.05 bits per heavy atom. The van der Waals surface area contributed by atoms with Crippen LogP contribution in [0.5, 0.6) is 0 Å². The average Bonchev–Trinajstić information content (AvgIpc) is 2.45. The minimum absolute atomic E-state index is 0.0412. The first-order valence-electron chi connectivity index (χ1n) is 5.94. The van der Waals surface area contributed by atoms with Gasteiger partial charge in [0.05, 0.1) is 12.2 Å². The molecule has 0 unspecified atom stereocenters. The van der Waals surface area contributed by atoms with E-state index in [0.717, 1.165) is 5.56 Å². The molecule has 20 heavy (non-hydrogen) atoms. The summed E-state index contributed by atoms with van der Waals surface area (Å²) in [6.45, 7) is 2.15. The molecule has 0 bridgehead atoms. The van der Waals surface area contributed by atoms with Gasteiger partial charge >= 0.3 is 0 Å². The predicted molar refractivity (Wildman–Crippen MR) is 72.9 cm³/mol. The highest BCUT2D eigenvalue weighted by Gasteiger charge is 2.15. The van der Waals surface area contributed by atoms with Gasteiger partial charge in [-0.2, -0.15) is 0 Å². The minimum atomic E-state index is -3.66. The number of nitrogens with one attached hydrogen (secondary N) is 1. The van der Waals surface area contributed by atoms with Gasteiger partial charge in [0.1, 0.15) is 5.82 Å². The number of hydrogen-bond donors (Lipinski definition) is 2. The molecule has 0 amide bonds. The Balaban J connectivity index is 2.10. The van der Waals surface area contributed by atoms with Gasteiger partial charge in [0.2, 0.25) is 0 Å². The molecular formula is C12H15N5O2S. The maximum atomic E-state index is 12.0. The Kier molecular flexibility index (Phi) is 4.38. The fourth-order valence-electron chi connectivity index (χ4n) is 1.54. The van der Waals surface area contributed by atoms with E-state index in [1.165, 1.54) is 12.3 Å². The van der Waals surface area contributed by atoms with Crippen molar-refractivity contribution in [3.8, 4) is 0 Å². The first-order valence-corrected chi connectivity index (χ1v) is 7.43. The van der Waals surface area contributed by atoms with Crippen molar-refractivity contribution in [2.75, 3.05) is 0 Å². The molecule has 0 saturated heterocycles. The van der Waals surface area contributed by atoms with E-state index in [1.807, 2.05) is 0 Å². The smallest absolute Gasteiger partial charge is 0.258 e. The van der Waals surface area contributed by atoms with Gasteiger partial charge in [-0.3, -0.25) is 0 Å². The molecule has 2 heterocycles. The zero-order chi connectivity index (χ0) is 14.6. The van der Waals surface area contributed by atoms with Gasteiger partial charge in [0.25, 0.3) is 10.0 Å². The average molecular weight is 293 g/mol. The molecule has 0 aromatic carbocycles. The predicted octanol–water partition coefficient (Wildman–Crippen LogP) is 0.117. The number of rotatable bonds is 5. The molecule has 2 rings (SSSR count). The zero-order valence-electron chi connectivity index (χ0n) is 10.9. The van der Waals surface area contributed by atoms with E-state index in [4.69, 9.17) is 5.73 Å². The lowest BCUT2D eigenvalue weighted by atomic mass is 10.3. The van der Waals surface area contributed by atoms with Crippen LogP contribution in [0, 0.1) is 6.92 Å². The van der Waals surface area contributed by atoms with Crippen molar-refractivity contribution in [2.45, 2.75) is 25.0 Å². The van der Waals surface area contributed by atoms with Crippen LogP contribution in [-0.2, 0) is 23.1 Å². The molecule has 7 nitrogen and oxygen atoms in total. The third-order valence-corrected chi connectivity index (χ3v) is 3.90. The maximum absolute atomic E-state index is 12.0. The number of hydrogen-bond acceptors (Lipinski definition) is 6. The topological polar surface area (TPSA) is 111 Å². The SMILES string of the molecule is Cc1nccc(CNS(=O)(=O)c2ccc(CN)cn2)n1. The van der Waals surface area contributed by atoms with E-state index in [0.29, 0.717) is 18.1 Å². The molecule has 0 aliphatic rings. The summed E-state index contributed by atoms with van der Waals surface area (Å²) in [7, 11) is -3.66. The third kappa shape index (κ3) is 3.56. The lowest BCUT2D eigenvalue weighted by Gasteiger charge is -2.06. The van der Waals surface area contributed by atoms with Crippen LogP contribution in [0.4, 0.5) is 0 Å². The summed E-state index contributed by atoms with van der Waals surface area (Å²) in [4.78, 5) is 12.0. The second-order valence-corrected chi connectivity index (χ2v) is 5.84.